The Hall–Kier alpha value is -0.610. The summed E-state index contributed by atoms with van der Waals surface area (Å²) in [7, 11) is 1.45. The van der Waals surface area contributed by atoms with E-state index in [1.807, 2.05) is 0 Å². The summed E-state index contributed by atoms with van der Waals surface area (Å²) in [6.45, 7) is 9.32. The molecule has 1 rings (SSSR count). The number of methoxy groups -OCH3 is 1. The van der Waals surface area contributed by atoms with E-state index in [1.165, 1.54) is 20.0 Å². The van der Waals surface area contributed by atoms with E-state index >= 15 is 0 Å². The van der Waals surface area contributed by atoms with Gasteiger partial charge in [0.1, 0.15) is 6.04 Å². The van der Waals surface area contributed by atoms with Gasteiger partial charge in [0.15, 0.2) is 0 Å². The first kappa shape index (κ1) is 14.5. The molecule has 0 aliphatic carbocycles. The predicted molar refractivity (Wildman–Crippen MR) is 68.9 cm³/mol. The normalized spacial score (nSPS) is 23.0. The summed E-state index contributed by atoms with van der Waals surface area (Å²) in [6.07, 6.45) is 2.49. The molecule has 4 nitrogen and oxygen atoms in total. The molecule has 1 N–H and O–H groups in total. The highest BCUT2D eigenvalue weighted by molar-refractivity contribution is 5.76. The lowest BCUT2D eigenvalue weighted by Gasteiger charge is -2.24. The standard InChI is InChI=1S/C13H26N2O2/c1-5-11-6-7-15(8-11)9-12(13(16)17-4)14-10(2)3/h10-12,14H,5-9H2,1-4H3. The molecule has 0 bridgehead atoms. The van der Waals surface area contributed by atoms with Crippen LogP contribution in [0.3, 0.4) is 0 Å². The van der Waals surface area contributed by atoms with Crippen LogP contribution >= 0.6 is 0 Å². The van der Waals surface area contributed by atoms with Gasteiger partial charge in [-0.05, 0) is 18.9 Å². The number of hydrogen-bond donors (Lipinski definition) is 1. The summed E-state index contributed by atoms with van der Waals surface area (Å²) >= 11 is 0. The Morgan fingerprint density at radius 2 is 2.24 bits per heavy atom. The van der Waals surface area contributed by atoms with Gasteiger partial charge in [0.05, 0.1) is 7.11 Å². The third kappa shape index (κ3) is 4.64. The number of esters is 1. The SMILES string of the molecule is CCC1CCN(CC(NC(C)C)C(=O)OC)C1. The van der Waals surface area contributed by atoms with Crippen molar-refractivity contribution < 1.29 is 9.53 Å². The molecule has 17 heavy (non-hydrogen) atoms. The second-order valence-corrected chi connectivity index (χ2v) is 5.22. The first-order valence-corrected chi connectivity index (χ1v) is 6.63. The lowest BCUT2D eigenvalue weighted by atomic mass is 10.1. The summed E-state index contributed by atoms with van der Waals surface area (Å²) in [5, 5.41) is 3.27. The number of likely N-dealkylation sites (tertiary alicyclic amines) is 1. The van der Waals surface area contributed by atoms with Crippen LogP contribution in [0.2, 0.25) is 0 Å². The third-order valence-electron chi connectivity index (χ3n) is 3.41. The molecule has 0 spiro atoms. The Kier molecular flexibility index (Phi) is 5.92. The lowest BCUT2D eigenvalue weighted by molar-refractivity contribution is -0.143. The fraction of sp³-hybridized carbons (Fsp3) is 0.923. The molecule has 2 atom stereocenters. The molecule has 1 aliphatic heterocycles. The molecule has 1 saturated heterocycles. The number of nitrogens with zero attached hydrogens (tertiary/aromatic N) is 1. The molecule has 100 valence electrons. The molecule has 0 aromatic heterocycles. The predicted octanol–water partition coefficient (Wildman–Crippen LogP) is 1.26. The fourth-order valence-electron chi connectivity index (χ4n) is 2.41. The second kappa shape index (κ2) is 6.97. The summed E-state index contributed by atoms with van der Waals surface area (Å²) in [6, 6.07) is 0.0966. The van der Waals surface area contributed by atoms with Crippen LogP contribution in [-0.4, -0.2) is 49.7 Å². The molecule has 0 saturated carbocycles. The molecule has 0 aromatic carbocycles. The van der Waals surface area contributed by atoms with E-state index in [0.717, 1.165) is 25.6 Å². The Balaban J connectivity index is 2.46. The van der Waals surface area contributed by atoms with Crippen molar-refractivity contribution in [2.45, 2.75) is 45.7 Å². The summed E-state index contributed by atoms with van der Waals surface area (Å²) < 4.78 is 4.85. The molecule has 0 amide bonds. The molecule has 1 aliphatic rings. The van der Waals surface area contributed by atoms with E-state index in [2.05, 4.69) is 31.0 Å². The van der Waals surface area contributed by atoms with Crippen LogP contribution in [0.25, 0.3) is 0 Å². The van der Waals surface area contributed by atoms with E-state index in [9.17, 15) is 4.79 Å². The summed E-state index contributed by atoms with van der Waals surface area (Å²) in [5.41, 5.74) is 0. The van der Waals surface area contributed by atoms with Crippen LogP contribution in [0.4, 0.5) is 0 Å². The molecule has 2 unspecified atom stereocenters. The molecule has 1 heterocycles. The zero-order chi connectivity index (χ0) is 12.8. The number of rotatable bonds is 6. The van der Waals surface area contributed by atoms with Crippen LogP contribution in [0, 0.1) is 5.92 Å². The van der Waals surface area contributed by atoms with Crippen LogP contribution in [0.15, 0.2) is 0 Å². The van der Waals surface area contributed by atoms with Crippen molar-refractivity contribution >= 4 is 5.97 Å². The van der Waals surface area contributed by atoms with Crippen LogP contribution in [0.5, 0.6) is 0 Å². The Labute approximate surface area is 105 Å². The highest BCUT2D eigenvalue weighted by atomic mass is 16.5. The average molecular weight is 242 g/mol. The van der Waals surface area contributed by atoms with Crippen molar-refractivity contribution in [2.75, 3.05) is 26.7 Å². The van der Waals surface area contributed by atoms with Crippen LogP contribution < -0.4 is 5.32 Å². The molecular weight excluding hydrogens is 216 g/mol. The van der Waals surface area contributed by atoms with Gasteiger partial charge >= 0.3 is 5.97 Å². The number of hydrogen-bond acceptors (Lipinski definition) is 4. The van der Waals surface area contributed by atoms with E-state index in [-0.39, 0.29) is 12.0 Å². The van der Waals surface area contributed by atoms with Gasteiger partial charge in [0, 0.05) is 19.1 Å². The molecule has 0 radical (unpaired) electrons. The minimum Gasteiger partial charge on any atom is -0.468 e. The number of carbonyl (C=O) groups is 1. The monoisotopic (exact) mass is 242 g/mol. The summed E-state index contributed by atoms with van der Waals surface area (Å²) in [5.74, 6) is 0.644. The van der Waals surface area contributed by atoms with Crippen LogP contribution in [0.1, 0.15) is 33.6 Å². The highest BCUT2D eigenvalue weighted by Gasteiger charge is 2.27. The molecule has 1 fully saturated rings. The fourth-order valence-corrected chi connectivity index (χ4v) is 2.41. The van der Waals surface area contributed by atoms with Gasteiger partial charge < -0.3 is 15.0 Å². The first-order chi connectivity index (χ1) is 8.06. The average Bonchev–Trinajstić information content (AvgIpc) is 2.74. The maximum absolute atomic E-state index is 11.7. The minimum atomic E-state index is -0.199. The smallest absolute Gasteiger partial charge is 0.324 e. The van der Waals surface area contributed by atoms with Gasteiger partial charge in [-0.25, -0.2) is 0 Å². The number of nitrogens with one attached hydrogen (secondary N) is 1. The Morgan fingerprint density at radius 3 is 2.71 bits per heavy atom. The van der Waals surface area contributed by atoms with Gasteiger partial charge in [-0.15, -0.1) is 0 Å². The Bertz CT molecular complexity index is 244. The number of ether oxygens (including phenoxy) is 1. The van der Waals surface area contributed by atoms with Gasteiger partial charge in [-0.1, -0.05) is 27.2 Å². The highest BCUT2D eigenvalue weighted by Crippen LogP contribution is 2.19. The van der Waals surface area contributed by atoms with Crippen molar-refractivity contribution in [1.29, 1.82) is 0 Å². The van der Waals surface area contributed by atoms with Gasteiger partial charge in [-0.3, -0.25) is 4.79 Å². The molecular formula is C13H26N2O2. The largest absolute Gasteiger partial charge is 0.468 e. The molecule has 4 heteroatoms. The van der Waals surface area contributed by atoms with E-state index in [4.69, 9.17) is 4.74 Å². The summed E-state index contributed by atoms with van der Waals surface area (Å²) in [4.78, 5) is 14.0. The lowest BCUT2D eigenvalue weighted by Crippen LogP contribution is -2.48. The maximum Gasteiger partial charge on any atom is 0.324 e. The first-order valence-electron chi connectivity index (χ1n) is 6.63. The van der Waals surface area contributed by atoms with E-state index < -0.39 is 0 Å². The van der Waals surface area contributed by atoms with Crippen molar-refractivity contribution in [3.63, 3.8) is 0 Å². The van der Waals surface area contributed by atoms with Crippen molar-refractivity contribution in [2.24, 2.45) is 5.92 Å². The van der Waals surface area contributed by atoms with E-state index in [0.29, 0.717) is 6.04 Å². The minimum absolute atomic E-state index is 0.154. The molecule has 0 aromatic rings. The number of carbonyl (C=O) groups excluding carboxylic acids is 1. The van der Waals surface area contributed by atoms with Gasteiger partial charge in [0.25, 0.3) is 0 Å². The van der Waals surface area contributed by atoms with Crippen LogP contribution in [-0.2, 0) is 9.53 Å². The van der Waals surface area contributed by atoms with Gasteiger partial charge in [-0.2, -0.15) is 0 Å². The second-order valence-electron chi connectivity index (χ2n) is 5.22. The Morgan fingerprint density at radius 1 is 1.53 bits per heavy atom. The van der Waals surface area contributed by atoms with Crippen molar-refractivity contribution in [1.82, 2.24) is 10.2 Å². The quantitative estimate of drug-likeness (QED) is 0.712. The van der Waals surface area contributed by atoms with E-state index in [1.54, 1.807) is 0 Å². The zero-order valence-corrected chi connectivity index (χ0v) is 11.5. The van der Waals surface area contributed by atoms with Gasteiger partial charge in [0.2, 0.25) is 0 Å². The third-order valence-corrected chi connectivity index (χ3v) is 3.41. The maximum atomic E-state index is 11.7. The van der Waals surface area contributed by atoms with Crippen molar-refractivity contribution in [3.05, 3.63) is 0 Å². The topological polar surface area (TPSA) is 41.6 Å². The zero-order valence-electron chi connectivity index (χ0n) is 11.5. The van der Waals surface area contributed by atoms with Crippen molar-refractivity contribution in [3.8, 4) is 0 Å².